The summed E-state index contributed by atoms with van der Waals surface area (Å²) in [6.07, 6.45) is 5.99. The molecule has 1 heterocycles. The first kappa shape index (κ1) is 10.9. The Bertz CT molecular complexity index is 356. The Morgan fingerprint density at radius 3 is 2.53 bits per heavy atom. The van der Waals surface area contributed by atoms with Crippen LogP contribution < -0.4 is 5.46 Å². The Hall–Kier alpha value is -0.645. The van der Waals surface area contributed by atoms with Crippen molar-refractivity contribution in [3.05, 3.63) is 17.2 Å². The number of halogens is 1. The zero-order chi connectivity index (χ0) is 10.8. The minimum absolute atomic E-state index is 0.141. The van der Waals surface area contributed by atoms with Gasteiger partial charge in [0.05, 0.1) is 0 Å². The summed E-state index contributed by atoms with van der Waals surface area (Å²) >= 11 is 5.83. The monoisotopic (exact) mass is 226 g/mol. The molecule has 1 aromatic rings. The first-order valence-electron chi connectivity index (χ1n) is 5.07. The first-order chi connectivity index (χ1) is 7.18. The number of hydrogen-bond donors (Lipinski definition) is 2. The number of aromatic nitrogens is 2. The van der Waals surface area contributed by atoms with Crippen LogP contribution in [0.25, 0.3) is 0 Å². The maximum Gasteiger partial charge on any atom is 0.493 e. The van der Waals surface area contributed by atoms with E-state index in [0.717, 1.165) is 18.7 Å². The van der Waals surface area contributed by atoms with Crippen molar-refractivity contribution in [3.63, 3.8) is 0 Å². The lowest BCUT2D eigenvalue weighted by Gasteiger charge is -2.09. The average Bonchev–Trinajstić information content (AvgIpc) is 2.69. The lowest BCUT2D eigenvalue weighted by molar-refractivity contribution is 0.425. The van der Waals surface area contributed by atoms with Crippen LogP contribution in [-0.2, 0) is 0 Å². The molecule has 0 bridgehead atoms. The van der Waals surface area contributed by atoms with E-state index in [1.807, 2.05) is 0 Å². The van der Waals surface area contributed by atoms with Gasteiger partial charge >= 0.3 is 7.12 Å². The van der Waals surface area contributed by atoms with Crippen LogP contribution in [0.3, 0.4) is 0 Å². The molecule has 6 heteroatoms. The molecule has 4 nitrogen and oxygen atoms in total. The van der Waals surface area contributed by atoms with Crippen LogP contribution in [0.2, 0.25) is 5.15 Å². The summed E-state index contributed by atoms with van der Waals surface area (Å²) in [7, 11) is -1.60. The molecule has 1 aliphatic rings. The number of rotatable bonds is 2. The maximum absolute atomic E-state index is 8.95. The Morgan fingerprint density at radius 2 is 2.00 bits per heavy atom. The molecule has 0 spiro atoms. The molecule has 1 aliphatic carbocycles. The predicted molar refractivity (Wildman–Crippen MR) is 58.1 cm³/mol. The fourth-order valence-corrected chi connectivity index (χ4v) is 2.17. The van der Waals surface area contributed by atoms with Crippen molar-refractivity contribution in [2.24, 2.45) is 0 Å². The predicted octanol–water partition coefficient (Wildman–Crippen LogP) is 0.467. The molecule has 1 saturated carbocycles. The number of nitrogens with zero attached hydrogens (tertiary/aromatic N) is 2. The molecule has 15 heavy (non-hydrogen) atoms. The van der Waals surface area contributed by atoms with Crippen LogP contribution >= 0.6 is 11.6 Å². The lowest BCUT2D eigenvalue weighted by atomic mass is 9.82. The van der Waals surface area contributed by atoms with Gasteiger partial charge in [0.1, 0.15) is 11.0 Å². The largest absolute Gasteiger partial charge is 0.493 e. The Morgan fingerprint density at radius 1 is 1.33 bits per heavy atom. The highest BCUT2D eigenvalue weighted by Crippen LogP contribution is 2.31. The molecule has 2 rings (SSSR count). The second-order valence-electron chi connectivity index (χ2n) is 3.83. The van der Waals surface area contributed by atoms with Crippen LogP contribution in [0.1, 0.15) is 37.4 Å². The molecule has 0 atom stereocenters. The minimum atomic E-state index is -1.60. The third-order valence-electron chi connectivity index (χ3n) is 2.79. The van der Waals surface area contributed by atoms with Crippen LogP contribution in [0.4, 0.5) is 0 Å². The van der Waals surface area contributed by atoms with Gasteiger partial charge in [-0.15, -0.1) is 0 Å². The summed E-state index contributed by atoms with van der Waals surface area (Å²) in [4.78, 5) is 8.24. The maximum atomic E-state index is 8.95. The summed E-state index contributed by atoms with van der Waals surface area (Å²) < 4.78 is 0. The highest BCUT2D eigenvalue weighted by molar-refractivity contribution is 6.62. The molecule has 0 aliphatic heterocycles. The van der Waals surface area contributed by atoms with Crippen LogP contribution in [0.15, 0.2) is 6.20 Å². The summed E-state index contributed by atoms with van der Waals surface area (Å²) in [6.45, 7) is 0. The minimum Gasteiger partial charge on any atom is -0.423 e. The van der Waals surface area contributed by atoms with Crippen LogP contribution in [0.5, 0.6) is 0 Å². The fraction of sp³-hybridized carbons (Fsp3) is 0.556. The van der Waals surface area contributed by atoms with E-state index in [4.69, 9.17) is 21.6 Å². The van der Waals surface area contributed by atoms with Gasteiger partial charge in [-0.05, 0) is 12.8 Å². The van der Waals surface area contributed by atoms with Gasteiger partial charge in [-0.1, -0.05) is 24.4 Å². The summed E-state index contributed by atoms with van der Waals surface area (Å²) in [6, 6.07) is 0. The van der Waals surface area contributed by atoms with E-state index >= 15 is 0 Å². The molecule has 0 radical (unpaired) electrons. The quantitative estimate of drug-likeness (QED) is 0.568. The molecular weight excluding hydrogens is 214 g/mol. The van der Waals surface area contributed by atoms with Gasteiger partial charge in [0.2, 0.25) is 0 Å². The molecule has 0 saturated heterocycles. The van der Waals surface area contributed by atoms with Crippen molar-refractivity contribution in [3.8, 4) is 0 Å². The third-order valence-corrected chi connectivity index (χ3v) is 3.09. The normalized spacial score (nSPS) is 17.0. The molecule has 0 unspecified atom stereocenters. The highest BCUT2D eigenvalue weighted by Gasteiger charge is 2.23. The van der Waals surface area contributed by atoms with Crippen molar-refractivity contribution in [2.75, 3.05) is 0 Å². The first-order valence-corrected chi connectivity index (χ1v) is 5.44. The molecule has 1 fully saturated rings. The summed E-state index contributed by atoms with van der Waals surface area (Å²) in [5, 5.41) is 18.0. The van der Waals surface area contributed by atoms with Crippen molar-refractivity contribution in [1.82, 2.24) is 9.97 Å². The molecule has 0 aromatic carbocycles. The van der Waals surface area contributed by atoms with E-state index in [1.165, 1.54) is 19.0 Å². The van der Waals surface area contributed by atoms with E-state index in [-0.39, 0.29) is 10.6 Å². The van der Waals surface area contributed by atoms with Crippen LogP contribution in [0, 0.1) is 0 Å². The van der Waals surface area contributed by atoms with E-state index in [9.17, 15) is 0 Å². The summed E-state index contributed by atoms with van der Waals surface area (Å²) in [5.74, 6) is 1.11. The third kappa shape index (κ3) is 2.30. The van der Waals surface area contributed by atoms with Gasteiger partial charge in [0, 0.05) is 17.6 Å². The van der Waals surface area contributed by atoms with Gasteiger partial charge in [-0.3, -0.25) is 0 Å². The fourth-order valence-electron chi connectivity index (χ4n) is 1.94. The van der Waals surface area contributed by atoms with Crippen molar-refractivity contribution in [1.29, 1.82) is 0 Å². The summed E-state index contributed by atoms with van der Waals surface area (Å²) in [5.41, 5.74) is 0.165. The molecule has 2 N–H and O–H groups in total. The lowest BCUT2D eigenvalue weighted by Crippen LogP contribution is -2.32. The second-order valence-corrected chi connectivity index (χ2v) is 4.19. The standard InChI is InChI=1S/C9H12BClN2O2/c11-8-7(10(14)15)5-12-9(13-8)6-3-1-2-4-6/h5-6,14-15H,1-4H2. The highest BCUT2D eigenvalue weighted by atomic mass is 35.5. The zero-order valence-corrected chi connectivity index (χ0v) is 8.98. The van der Waals surface area contributed by atoms with Gasteiger partial charge in [0.25, 0.3) is 0 Å². The topological polar surface area (TPSA) is 66.2 Å². The average molecular weight is 226 g/mol. The SMILES string of the molecule is OB(O)c1cnc(C2CCCC2)nc1Cl. The zero-order valence-electron chi connectivity index (χ0n) is 8.23. The Kier molecular flexibility index (Phi) is 3.24. The Balaban J connectivity index is 2.24. The van der Waals surface area contributed by atoms with Crippen molar-refractivity contribution in [2.45, 2.75) is 31.6 Å². The van der Waals surface area contributed by atoms with E-state index in [1.54, 1.807) is 0 Å². The smallest absolute Gasteiger partial charge is 0.423 e. The molecular formula is C9H12BClN2O2. The van der Waals surface area contributed by atoms with Crippen molar-refractivity contribution < 1.29 is 10.0 Å². The van der Waals surface area contributed by atoms with Gasteiger partial charge in [0.15, 0.2) is 0 Å². The number of hydrogen-bond acceptors (Lipinski definition) is 4. The van der Waals surface area contributed by atoms with E-state index in [0.29, 0.717) is 5.92 Å². The van der Waals surface area contributed by atoms with Crippen LogP contribution in [-0.4, -0.2) is 27.1 Å². The van der Waals surface area contributed by atoms with Crippen molar-refractivity contribution >= 4 is 24.2 Å². The van der Waals surface area contributed by atoms with Gasteiger partial charge < -0.3 is 10.0 Å². The van der Waals surface area contributed by atoms with Gasteiger partial charge in [-0.25, -0.2) is 9.97 Å². The molecule has 0 amide bonds. The molecule has 80 valence electrons. The van der Waals surface area contributed by atoms with E-state index < -0.39 is 7.12 Å². The molecule has 1 aromatic heterocycles. The van der Waals surface area contributed by atoms with Gasteiger partial charge in [-0.2, -0.15) is 0 Å². The second kappa shape index (κ2) is 4.47. The van der Waals surface area contributed by atoms with E-state index in [2.05, 4.69) is 9.97 Å². The Labute approximate surface area is 93.5 Å².